The van der Waals surface area contributed by atoms with Crippen molar-refractivity contribution in [3.8, 4) is 0 Å². The van der Waals surface area contributed by atoms with E-state index in [-0.39, 0.29) is 0 Å². The molecular formula is C11H20O2S. The molecule has 0 aromatic rings. The van der Waals surface area contributed by atoms with Gasteiger partial charge in [-0.05, 0) is 37.2 Å². The van der Waals surface area contributed by atoms with Crippen molar-refractivity contribution in [2.45, 2.75) is 39.0 Å². The Balaban J connectivity index is 2.65. The minimum Gasteiger partial charge on any atom is -0.481 e. The van der Waals surface area contributed by atoms with E-state index in [4.69, 9.17) is 0 Å². The average molecular weight is 216 g/mol. The Kier molecular flexibility index (Phi) is 4.30. The maximum absolute atomic E-state index is 11.3. The van der Waals surface area contributed by atoms with Crippen LogP contribution in [-0.4, -0.2) is 23.1 Å². The van der Waals surface area contributed by atoms with E-state index in [0.29, 0.717) is 5.92 Å². The lowest BCUT2D eigenvalue weighted by Gasteiger charge is -2.36. The number of hydrogen-bond donors (Lipinski definition) is 1. The Hall–Kier alpha value is -0.180. The van der Waals surface area contributed by atoms with Crippen molar-refractivity contribution < 1.29 is 9.90 Å². The molecule has 0 amide bonds. The van der Waals surface area contributed by atoms with Gasteiger partial charge in [0.2, 0.25) is 0 Å². The third-order valence-corrected chi connectivity index (χ3v) is 3.94. The molecular weight excluding hydrogens is 196 g/mol. The number of carboxylic acid groups (broad SMARTS) is 1. The van der Waals surface area contributed by atoms with E-state index < -0.39 is 11.4 Å². The van der Waals surface area contributed by atoms with Gasteiger partial charge in [0.1, 0.15) is 0 Å². The molecule has 82 valence electrons. The summed E-state index contributed by atoms with van der Waals surface area (Å²) in [6.45, 7) is 2.18. The molecule has 2 nitrogen and oxygen atoms in total. The van der Waals surface area contributed by atoms with Crippen molar-refractivity contribution in [2.75, 3.05) is 12.0 Å². The summed E-state index contributed by atoms with van der Waals surface area (Å²) in [6, 6.07) is 0. The van der Waals surface area contributed by atoms with Gasteiger partial charge < -0.3 is 5.11 Å². The van der Waals surface area contributed by atoms with E-state index in [9.17, 15) is 9.90 Å². The summed E-state index contributed by atoms with van der Waals surface area (Å²) < 4.78 is 0. The number of aliphatic carboxylic acids is 1. The Morgan fingerprint density at radius 1 is 1.64 bits per heavy atom. The monoisotopic (exact) mass is 216 g/mol. The summed E-state index contributed by atoms with van der Waals surface area (Å²) in [5.74, 6) is 0.985. The molecule has 1 aliphatic carbocycles. The summed E-state index contributed by atoms with van der Waals surface area (Å²) in [4.78, 5) is 11.3. The summed E-state index contributed by atoms with van der Waals surface area (Å²) >= 11 is 1.75. The molecule has 0 radical (unpaired) electrons. The number of rotatable bonds is 4. The van der Waals surface area contributed by atoms with Gasteiger partial charge in [-0.2, -0.15) is 11.8 Å². The lowest BCUT2D eigenvalue weighted by molar-refractivity contribution is -0.152. The molecule has 0 aliphatic heterocycles. The molecule has 14 heavy (non-hydrogen) atoms. The standard InChI is InChI=1S/C11H20O2S/c1-9-4-3-5-11(8-9,10(12)13)6-7-14-2/h9H,3-8H2,1-2H3,(H,12,13). The second-order valence-corrected chi connectivity index (χ2v) is 5.52. The van der Waals surface area contributed by atoms with E-state index in [0.717, 1.165) is 31.4 Å². The van der Waals surface area contributed by atoms with Crippen LogP contribution in [-0.2, 0) is 4.79 Å². The van der Waals surface area contributed by atoms with Crippen LogP contribution < -0.4 is 0 Å². The minimum absolute atomic E-state index is 0.402. The zero-order chi connectivity index (χ0) is 10.6. The molecule has 1 N–H and O–H groups in total. The minimum atomic E-state index is -0.571. The van der Waals surface area contributed by atoms with Gasteiger partial charge in [0.15, 0.2) is 0 Å². The predicted molar refractivity (Wildman–Crippen MR) is 60.7 cm³/mol. The number of hydrogen-bond acceptors (Lipinski definition) is 2. The smallest absolute Gasteiger partial charge is 0.309 e. The largest absolute Gasteiger partial charge is 0.481 e. The van der Waals surface area contributed by atoms with Gasteiger partial charge in [-0.1, -0.05) is 19.8 Å². The van der Waals surface area contributed by atoms with Gasteiger partial charge >= 0.3 is 5.97 Å². The summed E-state index contributed by atoms with van der Waals surface area (Å²) in [5.41, 5.74) is -0.402. The quantitative estimate of drug-likeness (QED) is 0.785. The second-order valence-electron chi connectivity index (χ2n) is 4.53. The fourth-order valence-electron chi connectivity index (χ4n) is 2.49. The molecule has 1 fully saturated rings. The van der Waals surface area contributed by atoms with Crippen LogP contribution in [0.3, 0.4) is 0 Å². The van der Waals surface area contributed by atoms with Crippen LogP contribution in [0.25, 0.3) is 0 Å². The molecule has 1 saturated carbocycles. The van der Waals surface area contributed by atoms with Gasteiger partial charge in [-0.3, -0.25) is 4.79 Å². The molecule has 2 atom stereocenters. The van der Waals surface area contributed by atoms with E-state index >= 15 is 0 Å². The van der Waals surface area contributed by atoms with E-state index in [2.05, 4.69) is 6.92 Å². The van der Waals surface area contributed by atoms with E-state index in [1.807, 2.05) is 6.26 Å². The first-order valence-electron chi connectivity index (χ1n) is 5.33. The van der Waals surface area contributed by atoms with Crippen LogP contribution in [0, 0.1) is 11.3 Å². The van der Waals surface area contributed by atoms with Gasteiger partial charge in [0, 0.05) is 0 Å². The van der Waals surface area contributed by atoms with Crippen LogP contribution in [0.1, 0.15) is 39.0 Å². The molecule has 0 aromatic carbocycles. The second kappa shape index (κ2) is 5.06. The number of carboxylic acids is 1. The van der Waals surface area contributed by atoms with Crippen LogP contribution in [0.15, 0.2) is 0 Å². The van der Waals surface area contributed by atoms with Crippen molar-refractivity contribution in [1.29, 1.82) is 0 Å². The highest BCUT2D eigenvalue weighted by molar-refractivity contribution is 7.98. The van der Waals surface area contributed by atoms with Gasteiger partial charge in [0.25, 0.3) is 0 Å². The first kappa shape index (κ1) is 11.9. The fraction of sp³-hybridized carbons (Fsp3) is 0.909. The molecule has 0 heterocycles. The van der Waals surface area contributed by atoms with Crippen molar-refractivity contribution >= 4 is 17.7 Å². The highest BCUT2D eigenvalue weighted by Gasteiger charge is 2.41. The van der Waals surface area contributed by atoms with Crippen LogP contribution in [0.5, 0.6) is 0 Å². The molecule has 0 aromatic heterocycles. The van der Waals surface area contributed by atoms with Crippen molar-refractivity contribution in [3.63, 3.8) is 0 Å². The Bertz CT molecular complexity index is 205. The molecule has 1 rings (SSSR count). The Morgan fingerprint density at radius 3 is 2.86 bits per heavy atom. The van der Waals surface area contributed by atoms with Crippen molar-refractivity contribution in [1.82, 2.24) is 0 Å². The predicted octanol–water partition coefficient (Wildman–Crippen LogP) is 3.02. The highest BCUT2D eigenvalue weighted by Crippen LogP contribution is 2.42. The third-order valence-electron chi connectivity index (χ3n) is 3.33. The van der Waals surface area contributed by atoms with Crippen LogP contribution in [0.2, 0.25) is 0 Å². The SMILES string of the molecule is CSCCC1(C(=O)O)CCCC(C)C1. The summed E-state index contributed by atoms with van der Waals surface area (Å²) in [6.07, 6.45) is 6.93. The topological polar surface area (TPSA) is 37.3 Å². The number of carbonyl (C=O) groups is 1. The maximum Gasteiger partial charge on any atom is 0.309 e. The van der Waals surface area contributed by atoms with Gasteiger partial charge in [0.05, 0.1) is 5.41 Å². The van der Waals surface area contributed by atoms with Crippen LogP contribution >= 0.6 is 11.8 Å². The first-order chi connectivity index (χ1) is 6.60. The van der Waals surface area contributed by atoms with Crippen LogP contribution in [0.4, 0.5) is 0 Å². The Morgan fingerprint density at radius 2 is 2.36 bits per heavy atom. The lowest BCUT2D eigenvalue weighted by atomic mass is 9.68. The lowest BCUT2D eigenvalue weighted by Crippen LogP contribution is -2.36. The molecule has 3 heteroatoms. The zero-order valence-corrected chi connectivity index (χ0v) is 9.90. The fourth-order valence-corrected chi connectivity index (χ4v) is 3.08. The molecule has 0 saturated heterocycles. The zero-order valence-electron chi connectivity index (χ0n) is 9.08. The highest BCUT2D eigenvalue weighted by atomic mass is 32.2. The van der Waals surface area contributed by atoms with E-state index in [1.165, 1.54) is 6.42 Å². The Labute approximate surface area is 90.5 Å². The summed E-state index contributed by atoms with van der Waals surface area (Å²) in [5, 5.41) is 9.32. The maximum atomic E-state index is 11.3. The summed E-state index contributed by atoms with van der Waals surface area (Å²) in [7, 11) is 0. The first-order valence-corrected chi connectivity index (χ1v) is 6.72. The number of thioether (sulfide) groups is 1. The van der Waals surface area contributed by atoms with E-state index in [1.54, 1.807) is 11.8 Å². The third kappa shape index (κ3) is 2.66. The molecule has 1 aliphatic rings. The average Bonchev–Trinajstić information content (AvgIpc) is 2.14. The molecule has 2 unspecified atom stereocenters. The van der Waals surface area contributed by atoms with Gasteiger partial charge in [-0.25, -0.2) is 0 Å². The van der Waals surface area contributed by atoms with Gasteiger partial charge in [-0.15, -0.1) is 0 Å². The van der Waals surface area contributed by atoms with Crippen molar-refractivity contribution in [3.05, 3.63) is 0 Å². The normalized spacial score (nSPS) is 32.9. The molecule has 0 bridgehead atoms. The van der Waals surface area contributed by atoms with Crippen molar-refractivity contribution in [2.24, 2.45) is 11.3 Å². The molecule has 0 spiro atoms.